The minimum Gasteiger partial charge on any atom is -0.493 e. The molecule has 0 saturated heterocycles. The third-order valence-electron chi connectivity index (χ3n) is 4.73. The molecule has 10 heteroatoms. The standard InChI is InChI=1S/C22H17FN4O5/c1-31-18-6-3-12(9-19(18)32-2)17-7-8-24-20-11-16(26-27(17)20)21(28)25-13-4-5-14(22(29)30)15(23)10-13/h3-11H,1-2H3,(H,25,28)(H,29,30). The van der Waals surface area contributed by atoms with E-state index in [1.165, 1.54) is 23.8 Å². The van der Waals surface area contributed by atoms with Gasteiger partial charge in [0.2, 0.25) is 0 Å². The van der Waals surface area contributed by atoms with Gasteiger partial charge in [0, 0.05) is 23.5 Å². The van der Waals surface area contributed by atoms with E-state index in [-0.39, 0.29) is 11.4 Å². The van der Waals surface area contributed by atoms with E-state index >= 15 is 0 Å². The van der Waals surface area contributed by atoms with Crippen molar-refractivity contribution in [1.29, 1.82) is 0 Å². The number of carbonyl (C=O) groups excluding carboxylic acids is 1. The molecule has 0 bridgehead atoms. The number of ether oxygens (including phenoxy) is 2. The van der Waals surface area contributed by atoms with Crippen molar-refractivity contribution >= 4 is 23.2 Å². The number of benzene rings is 2. The summed E-state index contributed by atoms with van der Waals surface area (Å²) in [5.41, 5.74) is 1.51. The highest BCUT2D eigenvalue weighted by molar-refractivity contribution is 6.03. The average Bonchev–Trinajstić information content (AvgIpc) is 3.23. The number of aromatic carboxylic acids is 1. The molecule has 4 rings (SSSR count). The molecule has 0 fully saturated rings. The zero-order chi connectivity index (χ0) is 22.8. The Morgan fingerprint density at radius 3 is 2.50 bits per heavy atom. The van der Waals surface area contributed by atoms with Crippen molar-refractivity contribution in [2.24, 2.45) is 0 Å². The van der Waals surface area contributed by atoms with E-state index in [9.17, 15) is 14.0 Å². The Morgan fingerprint density at radius 2 is 1.81 bits per heavy atom. The molecule has 0 spiro atoms. The van der Waals surface area contributed by atoms with Crippen LogP contribution >= 0.6 is 0 Å². The predicted octanol–water partition coefficient (Wildman–Crippen LogP) is 3.50. The van der Waals surface area contributed by atoms with Crippen LogP contribution in [0, 0.1) is 5.82 Å². The normalized spacial score (nSPS) is 10.7. The van der Waals surface area contributed by atoms with Crippen molar-refractivity contribution in [2.45, 2.75) is 0 Å². The van der Waals surface area contributed by atoms with Gasteiger partial charge in [0.25, 0.3) is 5.91 Å². The summed E-state index contributed by atoms with van der Waals surface area (Å²) in [4.78, 5) is 27.8. The fraction of sp³-hybridized carbons (Fsp3) is 0.0909. The fourth-order valence-electron chi connectivity index (χ4n) is 3.18. The molecule has 0 aliphatic rings. The third-order valence-corrected chi connectivity index (χ3v) is 4.73. The highest BCUT2D eigenvalue weighted by atomic mass is 19.1. The highest BCUT2D eigenvalue weighted by Crippen LogP contribution is 2.32. The van der Waals surface area contributed by atoms with E-state index in [1.807, 2.05) is 6.07 Å². The van der Waals surface area contributed by atoms with Crippen LogP contribution in [-0.4, -0.2) is 45.8 Å². The Bertz CT molecular complexity index is 1350. The maximum Gasteiger partial charge on any atom is 0.338 e. The van der Waals surface area contributed by atoms with Gasteiger partial charge >= 0.3 is 5.97 Å². The zero-order valence-electron chi connectivity index (χ0n) is 17.0. The first kappa shape index (κ1) is 20.8. The van der Waals surface area contributed by atoms with Crippen LogP contribution in [0.5, 0.6) is 11.5 Å². The number of aromatic nitrogens is 3. The average molecular weight is 436 g/mol. The summed E-state index contributed by atoms with van der Waals surface area (Å²) in [6, 6.07) is 11.9. The Kier molecular flexibility index (Phi) is 5.42. The summed E-state index contributed by atoms with van der Waals surface area (Å²) in [5, 5.41) is 15.8. The van der Waals surface area contributed by atoms with Crippen LogP contribution in [0.15, 0.2) is 54.7 Å². The maximum absolute atomic E-state index is 13.9. The van der Waals surface area contributed by atoms with Gasteiger partial charge in [-0.2, -0.15) is 5.10 Å². The zero-order valence-corrected chi connectivity index (χ0v) is 17.0. The smallest absolute Gasteiger partial charge is 0.338 e. The van der Waals surface area contributed by atoms with E-state index in [0.717, 1.165) is 17.7 Å². The van der Waals surface area contributed by atoms with Gasteiger partial charge in [-0.25, -0.2) is 18.7 Å². The van der Waals surface area contributed by atoms with Crippen molar-refractivity contribution in [3.8, 4) is 22.8 Å². The first-order valence-corrected chi connectivity index (χ1v) is 9.32. The molecule has 1 amide bonds. The Hall–Kier alpha value is -4.47. The molecular formula is C22H17FN4O5. The molecule has 0 aliphatic heterocycles. The van der Waals surface area contributed by atoms with Crippen molar-refractivity contribution in [3.63, 3.8) is 0 Å². The second kappa shape index (κ2) is 8.34. The summed E-state index contributed by atoms with van der Waals surface area (Å²) in [5.74, 6) is -1.84. The molecule has 162 valence electrons. The summed E-state index contributed by atoms with van der Waals surface area (Å²) in [6.07, 6.45) is 1.59. The highest BCUT2D eigenvalue weighted by Gasteiger charge is 2.17. The fourth-order valence-corrected chi connectivity index (χ4v) is 3.18. The number of rotatable bonds is 6. The quantitative estimate of drug-likeness (QED) is 0.475. The number of carboxylic acids is 1. The molecule has 0 atom stereocenters. The van der Waals surface area contributed by atoms with Crippen molar-refractivity contribution in [2.75, 3.05) is 19.5 Å². The van der Waals surface area contributed by atoms with Crippen LogP contribution in [0.1, 0.15) is 20.8 Å². The monoisotopic (exact) mass is 436 g/mol. The van der Waals surface area contributed by atoms with Gasteiger partial charge in [0.1, 0.15) is 5.82 Å². The van der Waals surface area contributed by atoms with Gasteiger partial charge in [0.05, 0.1) is 25.5 Å². The lowest BCUT2D eigenvalue weighted by molar-refractivity contribution is 0.0691. The molecule has 0 aliphatic carbocycles. The number of fused-ring (bicyclic) bond motifs is 1. The number of amides is 1. The molecule has 32 heavy (non-hydrogen) atoms. The largest absolute Gasteiger partial charge is 0.493 e. The number of hydrogen-bond donors (Lipinski definition) is 2. The molecule has 2 heterocycles. The van der Waals surface area contributed by atoms with E-state index in [2.05, 4.69) is 15.4 Å². The molecular weight excluding hydrogens is 419 g/mol. The van der Waals surface area contributed by atoms with Crippen LogP contribution in [0.3, 0.4) is 0 Å². The van der Waals surface area contributed by atoms with Crippen LogP contribution in [0.25, 0.3) is 16.9 Å². The molecule has 0 radical (unpaired) electrons. The lowest BCUT2D eigenvalue weighted by Crippen LogP contribution is -2.13. The van der Waals surface area contributed by atoms with E-state index in [1.54, 1.807) is 31.5 Å². The molecule has 2 aromatic heterocycles. The molecule has 4 aromatic rings. The first-order chi connectivity index (χ1) is 15.4. The van der Waals surface area contributed by atoms with Crippen LogP contribution in [0.2, 0.25) is 0 Å². The van der Waals surface area contributed by atoms with Crippen molar-refractivity contribution < 1.29 is 28.6 Å². The van der Waals surface area contributed by atoms with Crippen LogP contribution in [0.4, 0.5) is 10.1 Å². The molecule has 0 saturated carbocycles. The molecule has 2 N–H and O–H groups in total. The van der Waals surface area contributed by atoms with Crippen LogP contribution in [-0.2, 0) is 0 Å². The Labute approximate surface area is 181 Å². The number of nitrogens with one attached hydrogen (secondary N) is 1. The van der Waals surface area contributed by atoms with E-state index in [0.29, 0.717) is 22.8 Å². The maximum atomic E-state index is 13.9. The summed E-state index contributed by atoms with van der Waals surface area (Å²) in [6.45, 7) is 0. The Balaban J connectivity index is 1.67. The molecule has 2 aromatic carbocycles. The van der Waals surface area contributed by atoms with Gasteiger partial charge in [-0.05, 0) is 42.5 Å². The number of methoxy groups -OCH3 is 2. The predicted molar refractivity (Wildman–Crippen MR) is 113 cm³/mol. The van der Waals surface area contributed by atoms with E-state index in [4.69, 9.17) is 14.6 Å². The van der Waals surface area contributed by atoms with Gasteiger partial charge < -0.3 is 19.9 Å². The van der Waals surface area contributed by atoms with Crippen LogP contribution < -0.4 is 14.8 Å². The minimum atomic E-state index is -1.39. The molecule has 0 unspecified atom stereocenters. The molecule has 9 nitrogen and oxygen atoms in total. The van der Waals surface area contributed by atoms with Gasteiger partial charge in [0.15, 0.2) is 22.8 Å². The number of nitrogens with zero attached hydrogens (tertiary/aromatic N) is 3. The number of anilines is 1. The topological polar surface area (TPSA) is 115 Å². The van der Waals surface area contributed by atoms with Crippen molar-refractivity contribution in [1.82, 2.24) is 14.6 Å². The summed E-state index contributed by atoms with van der Waals surface area (Å²) >= 11 is 0. The number of carbonyl (C=O) groups is 2. The number of carboxylic acid groups (broad SMARTS) is 1. The SMILES string of the molecule is COc1ccc(-c2ccnc3cc(C(=O)Nc4ccc(C(=O)O)c(F)c4)nn23)cc1OC. The van der Waals surface area contributed by atoms with E-state index < -0.39 is 23.3 Å². The third kappa shape index (κ3) is 3.81. The lowest BCUT2D eigenvalue weighted by atomic mass is 10.1. The summed E-state index contributed by atoms with van der Waals surface area (Å²) in [7, 11) is 3.08. The van der Waals surface area contributed by atoms with Gasteiger partial charge in [-0.1, -0.05) is 0 Å². The minimum absolute atomic E-state index is 0.0492. The Morgan fingerprint density at radius 1 is 1.03 bits per heavy atom. The second-order valence-electron chi connectivity index (χ2n) is 6.65. The summed E-state index contributed by atoms with van der Waals surface area (Å²) < 4.78 is 26.0. The first-order valence-electron chi connectivity index (χ1n) is 9.32. The van der Waals surface area contributed by atoms with Gasteiger partial charge in [-0.3, -0.25) is 4.79 Å². The number of hydrogen-bond acceptors (Lipinski definition) is 6. The van der Waals surface area contributed by atoms with Crippen molar-refractivity contribution in [3.05, 3.63) is 71.8 Å². The second-order valence-corrected chi connectivity index (χ2v) is 6.65. The lowest BCUT2D eigenvalue weighted by Gasteiger charge is -2.10. The van der Waals surface area contributed by atoms with Gasteiger partial charge in [-0.15, -0.1) is 0 Å². The number of halogens is 1.